The summed E-state index contributed by atoms with van der Waals surface area (Å²) in [4.78, 5) is 15.9. The topological polar surface area (TPSA) is 72.2 Å². The number of benzene rings is 1. The van der Waals surface area contributed by atoms with Gasteiger partial charge in [0.05, 0.1) is 11.6 Å². The van der Waals surface area contributed by atoms with E-state index in [9.17, 15) is 10.1 Å². The van der Waals surface area contributed by atoms with Crippen LogP contribution in [0.1, 0.15) is 24.6 Å². The minimum absolute atomic E-state index is 0.0559. The van der Waals surface area contributed by atoms with Crippen molar-refractivity contribution in [1.82, 2.24) is 4.98 Å². The molecule has 2 aromatic rings. The zero-order valence-electron chi connectivity index (χ0n) is 11.8. The average molecular weight is 294 g/mol. The Morgan fingerprint density at radius 2 is 1.95 bits per heavy atom. The fourth-order valence-electron chi connectivity index (χ4n) is 1.93. The molecule has 0 amide bonds. The van der Waals surface area contributed by atoms with Crippen molar-refractivity contribution in [2.24, 2.45) is 5.92 Å². The molecule has 0 radical (unpaired) electrons. The smallest absolute Gasteiger partial charge is 0.310 e. The molecular formula is C17H14N2O3. The molecule has 1 atom stereocenters. The average Bonchev–Trinajstić information content (AvgIpc) is 3.38. The van der Waals surface area contributed by atoms with Crippen molar-refractivity contribution in [1.29, 1.82) is 5.26 Å². The summed E-state index contributed by atoms with van der Waals surface area (Å²) in [6.07, 6.45) is 0.663. The van der Waals surface area contributed by atoms with Gasteiger partial charge in [0.25, 0.3) is 0 Å². The Morgan fingerprint density at radius 1 is 1.18 bits per heavy atom. The maximum atomic E-state index is 11.7. The van der Waals surface area contributed by atoms with Crippen LogP contribution in [-0.2, 0) is 9.53 Å². The van der Waals surface area contributed by atoms with Gasteiger partial charge in [-0.25, -0.2) is 4.98 Å². The van der Waals surface area contributed by atoms with Gasteiger partial charge >= 0.3 is 5.97 Å². The monoisotopic (exact) mass is 294 g/mol. The molecule has 1 heterocycles. The van der Waals surface area contributed by atoms with Gasteiger partial charge < -0.3 is 9.47 Å². The third-order valence-electron chi connectivity index (χ3n) is 3.24. The van der Waals surface area contributed by atoms with Crippen molar-refractivity contribution in [2.75, 3.05) is 0 Å². The largest absolute Gasteiger partial charge is 0.440 e. The zero-order valence-corrected chi connectivity index (χ0v) is 11.8. The number of esters is 1. The molecular weight excluding hydrogens is 280 g/mol. The lowest BCUT2D eigenvalue weighted by Gasteiger charge is -2.11. The number of nitriles is 1. The van der Waals surface area contributed by atoms with E-state index in [4.69, 9.17) is 9.47 Å². The highest BCUT2D eigenvalue weighted by Crippen LogP contribution is 2.32. The quantitative estimate of drug-likeness (QED) is 0.790. The summed E-state index contributed by atoms with van der Waals surface area (Å²) in [6.45, 7) is 0. The predicted molar refractivity (Wildman–Crippen MR) is 77.9 cm³/mol. The second kappa shape index (κ2) is 6.27. The highest BCUT2D eigenvalue weighted by atomic mass is 16.5. The molecule has 5 heteroatoms. The third kappa shape index (κ3) is 3.41. The van der Waals surface area contributed by atoms with Gasteiger partial charge in [-0.2, -0.15) is 5.26 Å². The molecule has 5 nitrogen and oxygen atoms in total. The van der Waals surface area contributed by atoms with Gasteiger partial charge in [-0.3, -0.25) is 4.79 Å². The number of para-hydroxylation sites is 1. The summed E-state index contributed by atoms with van der Waals surface area (Å²) in [5.41, 5.74) is 0.366. The molecule has 0 bridgehead atoms. The highest BCUT2D eigenvalue weighted by Gasteiger charge is 2.33. The van der Waals surface area contributed by atoms with Gasteiger partial charge in [-0.15, -0.1) is 0 Å². The van der Waals surface area contributed by atoms with Gasteiger partial charge in [0.1, 0.15) is 11.8 Å². The molecule has 1 aromatic heterocycles. The van der Waals surface area contributed by atoms with Crippen molar-refractivity contribution < 1.29 is 14.3 Å². The summed E-state index contributed by atoms with van der Waals surface area (Å²) in [6, 6.07) is 16.2. The molecule has 110 valence electrons. The van der Waals surface area contributed by atoms with Crippen LogP contribution in [0.3, 0.4) is 0 Å². The molecule has 3 rings (SSSR count). The summed E-state index contributed by atoms with van der Waals surface area (Å²) in [5, 5.41) is 9.20. The number of rotatable bonds is 5. The predicted octanol–water partition coefficient (Wildman–Crippen LogP) is 3.39. The number of nitrogens with zero attached hydrogens (tertiary/aromatic N) is 2. The van der Waals surface area contributed by atoms with E-state index in [0.29, 0.717) is 17.3 Å². The number of carbonyl (C=O) groups is 1. The summed E-state index contributed by atoms with van der Waals surface area (Å²) in [7, 11) is 0. The van der Waals surface area contributed by atoms with E-state index in [-0.39, 0.29) is 11.9 Å². The maximum absolute atomic E-state index is 11.7. The molecule has 0 saturated heterocycles. The lowest BCUT2D eigenvalue weighted by molar-refractivity contribution is -0.148. The Morgan fingerprint density at radius 3 is 2.64 bits per heavy atom. The fraction of sp³-hybridized carbons (Fsp3) is 0.235. The van der Waals surface area contributed by atoms with Crippen molar-refractivity contribution in [3.63, 3.8) is 0 Å². The molecule has 0 aliphatic heterocycles. The van der Waals surface area contributed by atoms with Crippen LogP contribution < -0.4 is 4.74 Å². The van der Waals surface area contributed by atoms with Crippen molar-refractivity contribution in [3.8, 4) is 17.7 Å². The van der Waals surface area contributed by atoms with E-state index in [1.54, 1.807) is 18.2 Å². The van der Waals surface area contributed by atoms with E-state index < -0.39 is 6.10 Å². The van der Waals surface area contributed by atoms with Crippen LogP contribution in [0.2, 0.25) is 0 Å². The van der Waals surface area contributed by atoms with Crippen molar-refractivity contribution >= 4 is 5.97 Å². The first kappa shape index (κ1) is 14.1. The molecule has 1 aliphatic carbocycles. The zero-order chi connectivity index (χ0) is 15.4. The molecule has 1 fully saturated rings. The first-order chi connectivity index (χ1) is 10.8. The minimum Gasteiger partial charge on any atom is -0.440 e. The van der Waals surface area contributed by atoms with Gasteiger partial charge in [0.15, 0.2) is 0 Å². The number of carbonyl (C=O) groups excluding carboxylic acids is 1. The number of hydrogen-bond donors (Lipinski definition) is 0. The van der Waals surface area contributed by atoms with Crippen LogP contribution >= 0.6 is 0 Å². The molecule has 0 N–H and O–H groups in total. The Kier molecular flexibility index (Phi) is 4.01. The summed E-state index contributed by atoms with van der Waals surface area (Å²) in [5.74, 6) is 0.615. The van der Waals surface area contributed by atoms with Crippen LogP contribution in [0.15, 0.2) is 48.5 Å². The van der Waals surface area contributed by atoms with Crippen LogP contribution in [0.25, 0.3) is 0 Å². The summed E-state index contributed by atoms with van der Waals surface area (Å²) >= 11 is 0. The Bertz CT molecular complexity index is 705. The Labute approximate surface area is 128 Å². The van der Waals surface area contributed by atoms with Crippen molar-refractivity contribution in [2.45, 2.75) is 18.9 Å². The second-order valence-electron chi connectivity index (χ2n) is 5.04. The van der Waals surface area contributed by atoms with E-state index >= 15 is 0 Å². The molecule has 22 heavy (non-hydrogen) atoms. The minimum atomic E-state index is -1.01. The van der Waals surface area contributed by atoms with E-state index in [1.807, 2.05) is 36.4 Å². The Hall–Kier alpha value is -2.87. The first-order valence-corrected chi connectivity index (χ1v) is 7.06. The normalized spacial score (nSPS) is 14.7. The van der Waals surface area contributed by atoms with Gasteiger partial charge in [-0.05, 0) is 31.0 Å². The molecule has 0 spiro atoms. The van der Waals surface area contributed by atoms with Crippen molar-refractivity contribution in [3.05, 3.63) is 54.2 Å². The highest BCUT2D eigenvalue weighted by molar-refractivity contribution is 5.75. The number of ether oxygens (including phenoxy) is 2. The van der Waals surface area contributed by atoms with Gasteiger partial charge in [-0.1, -0.05) is 24.3 Å². The fourth-order valence-corrected chi connectivity index (χ4v) is 1.93. The molecule has 1 unspecified atom stereocenters. The SMILES string of the molecule is N#CC(OC(=O)C1CC1)c1cccc(Oc2ccccc2)n1. The second-order valence-corrected chi connectivity index (χ2v) is 5.04. The number of hydrogen-bond acceptors (Lipinski definition) is 5. The lowest BCUT2D eigenvalue weighted by Crippen LogP contribution is -2.12. The molecule has 1 aliphatic rings. The number of aromatic nitrogens is 1. The van der Waals surface area contributed by atoms with Crippen LogP contribution in [0, 0.1) is 17.2 Å². The van der Waals surface area contributed by atoms with Crippen LogP contribution in [-0.4, -0.2) is 11.0 Å². The maximum Gasteiger partial charge on any atom is 0.310 e. The number of pyridine rings is 1. The Balaban J connectivity index is 1.74. The molecule has 1 saturated carbocycles. The first-order valence-electron chi connectivity index (χ1n) is 7.06. The lowest BCUT2D eigenvalue weighted by atomic mass is 10.2. The van der Waals surface area contributed by atoms with E-state index in [2.05, 4.69) is 4.98 Å². The van der Waals surface area contributed by atoms with Crippen LogP contribution in [0.5, 0.6) is 11.6 Å². The standard InChI is InChI=1S/C17H14N2O3/c18-11-15(22-17(20)12-9-10-12)14-7-4-8-16(19-14)21-13-5-2-1-3-6-13/h1-8,12,15H,9-10H2. The van der Waals surface area contributed by atoms with E-state index in [0.717, 1.165) is 12.8 Å². The van der Waals surface area contributed by atoms with Crippen LogP contribution in [0.4, 0.5) is 0 Å². The summed E-state index contributed by atoms with van der Waals surface area (Å²) < 4.78 is 10.8. The van der Waals surface area contributed by atoms with Gasteiger partial charge in [0, 0.05) is 6.07 Å². The van der Waals surface area contributed by atoms with Gasteiger partial charge in [0.2, 0.25) is 12.0 Å². The third-order valence-corrected chi connectivity index (χ3v) is 3.24. The van der Waals surface area contributed by atoms with E-state index in [1.165, 1.54) is 0 Å². The molecule has 1 aromatic carbocycles.